The van der Waals surface area contributed by atoms with Gasteiger partial charge in [0.25, 0.3) is 0 Å². The fourth-order valence-corrected chi connectivity index (χ4v) is 5.61. The summed E-state index contributed by atoms with van der Waals surface area (Å²) in [7, 11) is 0. The summed E-state index contributed by atoms with van der Waals surface area (Å²) in [6, 6.07) is 15.3. The number of imide groups is 1. The van der Waals surface area contributed by atoms with E-state index in [0.717, 1.165) is 30.6 Å². The molecule has 3 heterocycles. The molecule has 0 unspecified atom stereocenters. The smallest absolute Gasteiger partial charge is 0.240 e. The number of amides is 3. The van der Waals surface area contributed by atoms with Gasteiger partial charge in [-0.05, 0) is 42.9 Å². The molecule has 3 atom stereocenters. The van der Waals surface area contributed by atoms with E-state index in [9.17, 15) is 14.4 Å². The molecule has 3 amide bonds. The van der Waals surface area contributed by atoms with Crippen molar-refractivity contribution in [2.75, 3.05) is 13.1 Å². The highest BCUT2D eigenvalue weighted by Gasteiger charge is 2.54. The first-order valence-corrected chi connectivity index (χ1v) is 11.2. The predicted molar refractivity (Wildman–Crippen MR) is 115 cm³/mol. The van der Waals surface area contributed by atoms with E-state index in [1.807, 2.05) is 53.4 Å². The van der Waals surface area contributed by atoms with Crippen LogP contribution in [0.4, 0.5) is 0 Å². The van der Waals surface area contributed by atoms with Crippen LogP contribution < -0.4 is 0 Å². The number of carbonyl (C=O) groups excluding carboxylic acids is 3. The van der Waals surface area contributed by atoms with E-state index in [1.54, 1.807) is 6.20 Å². The van der Waals surface area contributed by atoms with Gasteiger partial charge in [0, 0.05) is 50.3 Å². The van der Waals surface area contributed by atoms with E-state index in [4.69, 9.17) is 0 Å². The average molecular weight is 418 g/mol. The lowest BCUT2D eigenvalue weighted by molar-refractivity contribution is -0.143. The normalized spacial score (nSPS) is 27.4. The van der Waals surface area contributed by atoms with Crippen LogP contribution in [0, 0.1) is 5.92 Å². The van der Waals surface area contributed by atoms with Crippen LogP contribution in [-0.2, 0) is 26.2 Å². The largest absolute Gasteiger partial charge is 0.339 e. The average Bonchev–Trinajstić information content (AvgIpc) is 3.49. The van der Waals surface area contributed by atoms with Crippen LogP contribution in [-0.4, -0.2) is 51.6 Å². The van der Waals surface area contributed by atoms with E-state index in [0.29, 0.717) is 18.4 Å². The van der Waals surface area contributed by atoms with Crippen molar-refractivity contribution >= 4 is 17.7 Å². The zero-order chi connectivity index (χ0) is 21.4. The number of pyridine rings is 1. The van der Waals surface area contributed by atoms with Gasteiger partial charge in [0.1, 0.15) is 0 Å². The molecule has 2 aliphatic heterocycles. The Morgan fingerprint density at radius 3 is 2.55 bits per heavy atom. The quantitative estimate of drug-likeness (QED) is 0.678. The van der Waals surface area contributed by atoms with Crippen molar-refractivity contribution in [3.63, 3.8) is 0 Å². The summed E-state index contributed by atoms with van der Waals surface area (Å²) < 4.78 is 0. The standard InChI is InChI=1S/C25H27N3O3/c29-22-15-25(19-6-2-1-3-7-19,16-23(30)28-17-18-9-10-21(28)14-18)24(31)27(22)13-11-20-8-4-5-12-26-20/h1-8,12,18,21H,9-11,13-17H2/t18-,21+,25+/m0/s1. The fraction of sp³-hybridized carbons (Fsp3) is 0.440. The molecule has 1 saturated carbocycles. The van der Waals surface area contributed by atoms with Crippen LogP contribution >= 0.6 is 0 Å². The van der Waals surface area contributed by atoms with Gasteiger partial charge in [-0.25, -0.2) is 0 Å². The molecule has 31 heavy (non-hydrogen) atoms. The lowest BCUT2D eigenvalue weighted by atomic mass is 9.75. The van der Waals surface area contributed by atoms with Crippen LogP contribution in [0.3, 0.4) is 0 Å². The summed E-state index contributed by atoms with van der Waals surface area (Å²) in [5.41, 5.74) is 0.484. The Bertz CT molecular complexity index is 994. The van der Waals surface area contributed by atoms with E-state index in [2.05, 4.69) is 4.98 Å². The maximum Gasteiger partial charge on any atom is 0.240 e. The number of carbonyl (C=O) groups is 3. The molecule has 160 valence electrons. The SMILES string of the molecule is O=C1C[C@@](CC(=O)N2C[C@H]3CC[C@@H]2C3)(c2ccccc2)C(=O)N1CCc1ccccn1. The topological polar surface area (TPSA) is 70.6 Å². The molecule has 2 saturated heterocycles. The third-order valence-corrected chi connectivity index (χ3v) is 7.24. The summed E-state index contributed by atoms with van der Waals surface area (Å²) in [5, 5.41) is 0. The van der Waals surface area contributed by atoms with Gasteiger partial charge in [0.2, 0.25) is 17.7 Å². The molecule has 0 radical (unpaired) electrons. The van der Waals surface area contributed by atoms with Gasteiger partial charge in [-0.1, -0.05) is 36.4 Å². The number of piperidine rings is 1. The van der Waals surface area contributed by atoms with E-state index < -0.39 is 5.41 Å². The summed E-state index contributed by atoms with van der Waals surface area (Å²) in [4.78, 5) is 47.6. The van der Waals surface area contributed by atoms with Crippen molar-refractivity contribution in [1.29, 1.82) is 0 Å². The third kappa shape index (κ3) is 3.54. The second-order valence-corrected chi connectivity index (χ2v) is 9.10. The van der Waals surface area contributed by atoms with E-state index in [1.165, 1.54) is 11.3 Å². The molecule has 3 aliphatic rings. The Kier molecular flexibility index (Phi) is 5.08. The first-order valence-electron chi connectivity index (χ1n) is 11.2. The monoisotopic (exact) mass is 417 g/mol. The van der Waals surface area contributed by atoms with Crippen molar-refractivity contribution in [2.24, 2.45) is 5.92 Å². The lowest BCUT2D eigenvalue weighted by Gasteiger charge is -2.32. The minimum Gasteiger partial charge on any atom is -0.339 e. The summed E-state index contributed by atoms with van der Waals surface area (Å²) >= 11 is 0. The van der Waals surface area contributed by atoms with Gasteiger partial charge in [-0.15, -0.1) is 0 Å². The minimum absolute atomic E-state index is 0.00350. The number of nitrogens with zero attached hydrogens (tertiary/aromatic N) is 3. The summed E-state index contributed by atoms with van der Waals surface area (Å²) in [5.74, 6) is 0.138. The van der Waals surface area contributed by atoms with E-state index >= 15 is 0 Å². The second kappa shape index (κ2) is 7.91. The van der Waals surface area contributed by atoms with Gasteiger partial charge in [-0.3, -0.25) is 24.3 Å². The molecule has 3 fully saturated rings. The number of aromatic nitrogens is 1. The van der Waals surface area contributed by atoms with Crippen LogP contribution in [0.15, 0.2) is 54.7 Å². The number of fused-ring (bicyclic) bond motifs is 2. The van der Waals surface area contributed by atoms with Gasteiger partial charge >= 0.3 is 0 Å². The number of benzene rings is 1. The predicted octanol–water partition coefficient (Wildman–Crippen LogP) is 2.72. The molecule has 6 nitrogen and oxygen atoms in total. The molecule has 2 aromatic rings. The first-order chi connectivity index (χ1) is 15.1. The van der Waals surface area contributed by atoms with Crippen LogP contribution in [0.2, 0.25) is 0 Å². The van der Waals surface area contributed by atoms with Gasteiger partial charge in [0.15, 0.2) is 0 Å². The zero-order valence-corrected chi connectivity index (χ0v) is 17.6. The Balaban J connectivity index is 1.40. The van der Waals surface area contributed by atoms with Gasteiger partial charge in [0.05, 0.1) is 5.41 Å². The molecule has 1 aliphatic carbocycles. The van der Waals surface area contributed by atoms with Crippen molar-refractivity contribution in [2.45, 2.75) is 50.0 Å². The Morgan fingerprint density at radius 1 is 1.06 bits per heavy atom. The molecule has 0 spiro atoms. The van der Waals surface area contributed by atoms with E-state index in [-0.39, 0.29) is 37.1 Å². The second-order valence-electron chi connectivity index (χ2n) is 9.10. The highest BCUT2D eigenvalue weighted by Crippen LogP contribution is 2.43. The maximum atomic E-state index is 13.7. The Labute approximate surface area is 182 Å². The number of hydrogen-bond acceptors (Lipinski definition) is 4. The molecular weight excluding hydrogens is 390 g/mol. The highest BCUT2D eigenvalue weighted by molar-refractivity contribution is 6.10. The summed E-state index contributed by atoms with van der Waals surface area (Å²) in [6.07, 6.45) is 5.64. The van der Waals surface area contributed by atoms with Gasteiger partial charge < -0.3 is 4.90 Å². The van der Waals surface area contributed by atoms with Crippen molar-refractivity contribution < 1.29 is 14.4 Å². The van der Waals surface area contributed by atoms with Crippen LogP contribution in [0.1, 0.15) is 43.4 Å². The van der Waals surface area contributed by atoms with Crippen molar-refractivity contribution in [3.05, 3.63) is 66.0 Å². The highest BCUT2D eigenvalue weighted by atomic mass is 16.2. The Hall–Kier alpha value is -3.02. The number of hydrogen-bond donors (Lipinski definition) is 0. The fourth-order valence-electron chi connectivity index (χ4n) is 5.61. The molecule has 5 rings (SSSR count). The third-order valence-electron chi connectivity index (χ3n) is 7.24. The van der Waals surface area contributed by atoms with Crippen LogP contribution in [0.5, 0.6) is 0 Å². The minimum atomic E-state index is -1.11. The Morgan fingerprint density at radius 2 is 1.87 bits per heavy atom. The molecule has 1 aromatic heterocycles. The van der Waals surface area contributed by atoms with Gasteiger partial charge in [-0.2, -0.15) is 0 Å². The molecule has 0 N–H and O–H groups in total. The van der Waals surface area contributed by atoms with Crippen LogP contribution in [0.25, 0.3) is 0 Å². The molecular formula is C25H27N3O3. The molecule has 1 aromatic carbocycles. The molecule has 6 heteroatoms. The maximum absolute atomic E-state index is 13.7. The van der Waals surface area contributed by atoms with Crippen molar-refractivity contribution in [1.82, 2.24) is 14.8 Å². The lowest BCUT2D eigenvalue weighted by Crippen LogP contribution is -2.45. The zero-order valence-electron chi connectivity index (χ0n) is 17.6. The summed E-state index contributed by atoms with van der Waals surface area (Å²) in [6.45, 7) is 1.08. The first kappa shape index (κ1) is 19.9. The van der Waals surface area contributed by atoms with Crippen molar-refractivity contribution in [3.8, 4) is 0 Å². The number of rotatable bonds is 6. The number of likely N-dealkylation sites (tertiary alicyclic amines) is 2. The molecule has 2 bridgehead atoms.